The molecule has 0 aromatic carbocycles. The zero-order chi connectivity index (χ0) is 12.3. The Bertz CT molecular complexity index is 351. The van der Waals surface area contributed by atoms with E-state index in [0.29, 0.717) is 5.92 Å². The lowest BCUT2D eigenvalue weighted by Crippen LogP contribution is -2.50. The van der Waals surface area contributed by atoms with E-state index in [4.69, 9.17) is 11.6 Å². The van der Waals surface area contributed by atoms with Crippen LogP contribution in [0, 0.1) is 5.92 Å². The van der Waals surface area contributed by atoms with Gasteiger partial charge in [-0.1, -0.05) is 38.3 Å². The second kappa shape index (κ2) is 5.73. The van der Waals surface area contributed by atoms with Gasteiger partial charge in [-0.05, 0) is 37.4 Å². The number of thiophene rings is 1. The summed E-state index contributed by atoms with van der Waals surface area (Å²) in [5, 5.41) is 3.82. The molecule has 2 rings (SSSR count). The molecule has 1 saturated heterocycles. The van der Waals surface area contributed by atoms with Gasteiger partial charge in [0.2, 0.25) is 0 Å². The standard InChI is InChI=1S/C14H22ClNS/c1-11(2)14(8-4-3-5-9-16-14)10-12-6-7-13(15)17-12/h6-7,11,16H,3-5,8-10H2,1-2H3. The van der Waals surface area contributed by atoms with Crippen LogP contribution in [-0.2, 0) is 6.42 Å². The highest BCUT2D eigenvalue weighted by Gasteiger charge is 2.34. The molecule has 17 heavy (non-hydrogen) atoms. The van der Waals surface area contributed by atoms with Crippen molar-refractivity contribution in [3.63, 3.8) is 0 Å². The quantitative estimate of drug-likeness (QED) is 0.853. The zero-order valence-electron chi connectivity index (χ0n) is 10.8. The third-order valence-electron chi connectivity index (χ3n) is 4.00. The van der Waals surface area contributed by atoms with Gasteiger partial charge >= 0.3 is 0 Å². The van der Waals surface area contributed by atoms with Crippen LogP contribution in [0.2, 0.25) is 4.34 Å². The zero-order valence-corrected chi connectivity index (χ0v) is 12.3. The predicted molar refractivity (Wildman–Crippen MR) is 77.1 cm³/mol. The Morgan fingerprint density at radius 2 is 2.18 bits per heavy atom. The first-order chi connectivity index (χ1) is 8.12. The molecule has 0 spiro atoms. The average molecular weight is 272 g/mol. The summed E-state index contributed by atoms with van der Waals surface area (Å²) >= 11 is 7.76. The summed E-state index contributed by atoms with van der Waals surface area (Å²) in [6, 6.07) is 4.20. The Labute approximate surface area is 114 Å². The fourth-order valence-corrected chi connectivity index (χ4v) is 3.99. The van der Waals surface area contributed by atoms with E-state index in [2.05, 4.69) is 25.2 Å². The summed E-state index contributed by atoms with van der Waals surface area (Å²) in [7, 11) is 0. The molecule has 96 valence electrons. The van der Waals surface area contributed by atoms with Gasteiger partial charge in [-0.3, -0.25) is 0 Å². The number of rotatable bonds is 3. The van der Waals surface area contributed by atoms with Crippen molar-refractivity contribution in [2.45, 2.75) is 51.5 Å². The number of hydrogen-bond acceptors (Lipinski definition) is 2. The molecule has 1 aliphatic rings. The van der Waals surface area contributed by atoms with E-state index in [1.54, 1.807) is 11.3 Å². The third-order valence-corrected chi connectivity index (χ3v) is 5.23. The highest BCUT2D eigenvalue weighted by molar-refractivity contribution is 7.16. The Hall–Kier alpha value is -0.0500. The molecule has 0 aliphatic carbocycles. The van der Waals surface area contributed by atoms with Gasteiger partial charge in [0.05, 0.1) is 4.34 Å². The molecule has 1 fully saturated rings. The normalized spacial score (nSPS) is 26.1. The van der Waals surface area contributed by atoms with Gasteiger partial charge in [0.15, 0.2) is 0 Å². The molecule has 1 aliphatic heterocycles. The summed E-state index contributed by atoms with van der Waals surface area (Å²) in [4.78, 5) is 1.41. The van der Waals surface area contributed by atoms with Crippen LogP contribution in [0.5, 0.6) is 0 Å². The first kappa shape index (κ1) is 13.4. The molecule has 0 amide bonds. The van der Waals surface area contributed by atoms with E-state index in [1.807, 2.05) is 6.07 Å². The minimum absolute atomic E-state index is 0.282. The van der Waals surface area contributed by atoms with E-state index in [9.17, 15) is 0 Å². The van der Waals surface area contributed by atoms with Crippen LogP contribution >= 0.6 is 22.9 Å². The van der Waals surface area contributed by atoms with Crippen LogP contribution in [0.15, 0.2) is 12.1 Å². The van der Waals surface area contributed by atoms with Gasteiger partial charge < -0.3 is 5.32 Å². The van der Waals surface area contributed by atoms with E-state index >= 15 is 0 Å². The Kier molecular flexibility index (Phi) is 4.51. The molecular formula is C14H22ClNS. The molecule has 1 aromatic rings. The molecule has 3 heteroatoms. The second-order valence-corrected chi connectivity index (χ2v) is 7.23. The summed E-state index contributed by atoms with van der Waals surface area (Å²) in [6.07, 6.45) is 6.46. The van der Waals surface area contributed by atoms with Gasteiger partial charge in [-0.15, -0.1) is 11.3 Å². The van der Waals surface area contributed by atoms with Crippen molar-refractivity contribution in [1.29, 1.82) is 0 Å². The largest absolute Gasteiger partial charge is 0.311 e. The average Bonchev–Trinajstić information content (AvgIpc) is 2.54. The van der Waals surface area contributed by atoms with Gasteiger partial charge in [0.25, 0.3) is 0 Å². The van der Waals surface area contributed by atoms with Gasteiger partial charge in [0, 0.05) is 16.8 Å². The summed E-state index contributed by atoms with van der Waals surface area (Å²) in [5.41, 5.74) is 0.282. The second-order valence-electron chi connectivity index (χ2n) is 5.43. The van der Waals surface area contributed by atoms with Crippen LogP contribution in [0.25, 0.3) is 0 Å². The topological polar surface area (TPSA) is 12.0 Å². The highest BCUT2D eigenvalue weighted by atomic mass is 35.5. The van der Waals surface area contributed by atoms with E-state index in [1.165, 1.54) is 30.6 Å². The molecule has 1 atom stereocenters. The van der Waals surface area contributed by atoms with Crippen molar-refractivity contribution in [3.05, 3.63) is 21.3 Å². The molecule has 1 unspecified atom stereocenters. The lowest BCUT2D eigenvalue weighted by atomic mass is 9.79. The van der Waals surface area contributed by atoms with Crippen molar-refractivity contribution >= 4 is 22.9 Å². The number of hydrogen-bond donors (Lipinski definition) is 1. The maximum Gasteiger partial charge on any atom is 0.0931 e. The molecule has 1 N–H and O–H groups in total. The van der Waals surface area contributed by atoms with E-state index in [-0.39, 0.29) is 5.54 Å². The lowest BCUT2D eigenvalue weighted by molar-refractivity contribution is 0.227. The molecule has 2 heterocycles. The minimum Gasteiger partial charge on any atom is -0.311 e. The van der Waals surface area contributed by atoms with E-state index in [0.717, 1.165) is 17.3 Å². The smallest absolute Gasteiger partial charge is 0.0931 e. The molecule has 0 saturated carbocycles. The predicted octanol–water partition coefficient (Wildman–Crippen LogP) is 4.50. The molecule has 1 nitrogen and oxygen atoms in total. The van der Waals surface area contributed by atoms with Gasteiger partial charge in [0.1, 0.15) is 0 Å². The first-order valence-electron chi connectivity index (χ1n) is 6.62. The Morgan fingerprint density at radius 1 is 1.35 bits per heavy atom. The third kappa shape index (κ3) is 3.24. The minimum atomic E-state index is 0.282. The monoisotopic (exact) mass is 271 g/mol. The fraction of sp³-hybridized carbons (Fsp3) is 0.714. The van der Waals surface area contributed by atoms with Crippen molar-refractivity contribution in [2.24, 2.45) is 5.92 Å². The maximum absolute atomic E-state index is 6.03. The molecule has 1 aromatic heterocycles. The van der Waals surface area contributed by atoms with Crippen molar-refractivity contribution in [1.82, 2.24) is 5.32 Å². The van der Waals surface area contributed by atoms with Gasteiger partial charge in [-0.25, -0.2) is 0 Å². The lowest BCUT2D eigenvalue weighted by Gasteiger charge is -2.38. The van der Waals surface area contributed by atoms with Crippen molar-refractivity contribution in [3.8, 4) is 0 Å². The number of nitrogens with one attached hydrogen (secondary N) is 1. The van der Waals surface area contributed by atoms with Crippen LogP contribution in [0.1, 0.15) is 44.4 Å². The number of halogens is 1. The highest BCUT2D eigenvalue weighted by Crippen LogP contribution is 2.33. The summed E-state index contributed by atoms with van der Waals surface area (Å²) in [6.45, 7) is 5.85. The van der Waals surface area contributed by atoms with Crippen molar-refractivity contribution < 1.29 is 0 Å². The van der Waals surface area contributed by atoms with Crippen LogP contribution in [0.3, 0.4) is 0 Å². The first-order valence-corrected chi connectivity index (χ1v) is 7.81. The SMILES string of the molecule is CC(C)C1(Cc2ccc(Cl)s2)CCCCCN1. The van der Waals surface area contributed by atoms with Gasteiger partial charge in [-0.2, -0.15) is 0 Å². The Balaban J connectivity index is 2.15. The molecular weight excluding hydrogens is 250 g/mol. The fourth-order valence-electron chi connectivity index (χ4n) is 2.77. The van der Waals surface area contributed by atoms with Crippen LogP contribution in [-0.4, -0.2) is 12.1 Å². The van der Waals surface area contributed by atoms with Crippen LogP contribution in [0.4, 0.5) is 0 Å². The van der Waals surface area contributed by atoms with Crippen molar-refractivity contribution in [2.75, 3.05) is 6.54 Å². The van der Waals surface area contributed by atoms with Crippen LogP contribution < -0.4 is 5.32 Å². The Morgan fingerprint density at radius 3 is 2.82 bits per heavy atom. The molecule has 0 radical (unpaired) electrons. The summed E-state index contributed by atoms with van der Waals surface area (Å²) < 4.78 is 0.910. The summed E-state index contributed by atoms with van der Waals surface area (Å²) in [5.74, 6) is 0.668. The maximum atomic E-state index is 6.03. The molecule has 0 bridgehead atoms. The van der Waals surface area contributed by atoms with E-state index < -0.39 is 0 Å².